The monoisotopic (exact) mass is 256 g/mol. The maximum atomic E-state index is 11.4. The lowest BCUT2D eigenvalue weighted by molar-refractivity contribution is 0.0998. The summed E-state index contributed by atoms with van der Waals surface area (Å²) in [5.41, 5.74) is 13.9. The van der Waals surface area contributed by atoms with Gasteiger partial charge in [-0.05, 0) is 55.3 Å². The molecule has 2 aromatic rings. The van der Waals surface area contributed by atoms with Crippen molar-refractivity contribution in [2.24, 2.45) is 5.73 Å². The minimum atomic E-state index is -0.563. The fourth-order valence-electron chi connectivity index (χ4n) is 1.95. The molecule has 0 aliphatic rings. The molecule has 4 N–H and O–H groups in total. The Bertz CT molecular complexity index is 616. The summed E-state index contributed by atoms with van der Waals surface area (Å²) in [6, 6.07) is 10.7. The summed E-state index contributed by atoms with van der Waals surface area (Å²) in [5.74, 6) is 0.517. The lowest BCUT2D eigenvalue weighted by Gasteiger charge is -2.11. The number of ether oxygens (including phenoxy) is 1. The van der Waals surface area contributed by atoms with Gasteiger partial charge in [0.1, 0.15) is 11.5 Å². The summed E-state index contributed by atoms with van der Waals surface area (Å²) in [6.07, 6.45) is 0. The van der Waals surface area contributed by atoms with Crippen LogP contribution < -0.4 is 16.2 Å². The van der Waals surface area contributed by atoms with Gasteiger partial charge in [0, 0.05) is 5.69 Å². The molecule has 19 heavy (non-hydrogen) atoms. The fourth-order valence-corrected chi connectivity index (χ4v) is 1.95. The van der Waals surface area contributed by atoms with Crippen LogP contribution in [-0.2, 0) is 0 Å². The van der Waals surface area contributed by atoms with E-state index in [1.807, 2.05) is 32.0 Å². The summed E-state index contributed by atoms with van der Waals surface area (Å²) >= 11 is 0. The Morgan fingerprint density at radius 3 is 2.26 bits per heavy atom. The van der Waals surface area contributed by atoms with Crippen LogP contribution in [0, 0.1) is 13.8 Å². The lowest BCUT2D eigenvalue weighted by Crippen LogP contribution is -2.12. The third-order valence-electron chi connectivity index (χ3n) is 2.69. The molecule has 0 saturated carbocycles. The van der Waals surface area contributed by atoms with Crippen LogP contribution in [0.1, 0.15) is 21.5 Å². The third kappa shape index (κ3) is 3.04. The number of carbonyl (C=O) groups excluding carboxylic acids is 1. The molecule has 0 atom stereocenters. The number of amides is 1. The number of nitrogens with two attached hydrogens (primary N) is 2. The van der Waals surface area contributed by atoms with Gasteiger partial charge < -0.3 is 16.2 Å². The molecule has 0 aliphatic heterocycles. The van der Waals surface area contributed by atoms with Gasteiger partial charge in [-0.25, -0.2) is 0 Å². The molecule has 0 fully saturated rings. The van der Waals surface area contributed by atoms with Crippen molar-refractivity contribution in [3.8, 4) is 11.5 Å². The Kier molecular flexibility index (Phi) is 3.42. The molecular formula is C15H16N2O2. The Hall–Kier alpha value is -2.49. The van der Waals surface area contributed by atoms with E-state index >= 15 is 0 Å². The molecule has 0 unspecified atom stereocenters. The van der Waals surface area contributed by atoms with E-state index < -0.39 is 5.91 Å². The largest absolute Gasteiger partial charge is 0.457 e. The van der Waals surface area contributed by atoms with E-state index in [0.717, 1.165) is 11.1 Å². The highest BCUT2D eigenvalue weighted by atomic mass is 16.5. The molecule has 0 heterocycles. The number of aryl methyl sites for hydroxylation is 2. The van der Waals surface area contributed by atoms with Gasteiger partial charge in [0.15, 0.2) is 0 Å². The van der Waals surface area contributed by atoms with Crippen molar-refractivity contribution < 1.29 is 9.53 Å². The number of carbonyl (C=O) groups is 1. The highest BCUT2D eigenvalue weighted by Crippen LogP contribution is 2.28. The first-order chi connectivity index (χ1) is 8.95. The predicted molar refractivity (Wildman–Crippen MR) is 75.4 cm³/mol. The molecule has 98 valence electrons. The van der Waals surface area contributed by atoms with Crippen LogP contribution in [0.4, 0.5) is 5.69 Å². The molecule has 4 heteroatoms. The Morgan fingerprint density at radius 1 is 1.05 bits per heavy atom. The quantitative estimate of drug-likeness (QED) is 0.829. The van der Waals surface area contributed by atoms with Crippen LogP contribution in [0.5, 0.6) is 11.5 Å². The zero-order chi connectivity index (χ0) is 14.0. The van der Waals surface area contributed by atoms with E-state index in [0.29, 0.717) is 17.2 Å². The van der Waals surface area contributed by atoms with Gasteiger partial charge in [-0.3, -0.25) is 4.79 Å². The normalized spacial score (nSPS) is 10.2. The van der Waals surface area contributed by atoms with Gasteiger partial charge in [-0.1, -0.05) is 6.07 Å². The number of anilines is 1. The number of benzene rings is 2. The topological polar surface area (TPSA) is 78.3 Å². The summed E-state index contributed by atoms with van der Waals surface area (Å²) in [4.78, 5) is 11.4. The highest BCUT2D eigenvalue weighted by Gasteiger charge is 2.11. The van der Waals surface area contributed by atoms with Gasteiger partial charge in [0.2, 0.25) is 0 Å². The summed E-state index contributed by atoms with van der Waals surface area (Å²) in [7, 11) is 0. The second-order valence-electron chi connectivity index (χ2n) is 4.55. The Balaban J connectivity index is 2.40. The summed E-state index contributed by atoms with van der Waals surface area (Å²) < 4.78 is 5.73. The molecule has 0 spiro atoms. The molecule has 1 amide bonds. The van der Waals surface area contributed by atoms with Crippen molar-refractivity contribution in [2.75, 3.05) is 5.73 Å². The summed E-state index contributed by atoms with van der Waals surface area (Å²) in [6.45, 7) is 3.97. The van der Waals surface area contributed by atoms with E-state index in [2.05, 4.69) is 0 Å². The molecule has 0 radical (unpaired) electrons. The first kappa shape index (κ1) is 13.0. The Morgan fingerprint density at radius 2 is 1.68 bits per heavy atom. The van der Waals surface area contributed by atoms with Crippen LogP contribution >= 0.6 is 0 Å². The molecule has 0 aliphatic carbocycles. The molecule has 2 rings (SSSR count). The van der Waals surface area contributed by atoms with Crippen molar-refractivity contribution in [2.45, 2.75) is 13.8 Å². The van der Waals surface area contributed by atoms with Crippen molar-refractivity contribution in [1.82, 2.24) is 0 Å². The second kappa shape index (κ2) is 5.02. The molecular weight excluding hydrogens is 240 g/mol. The van der Waals surface area contributed by atoms with Crippen LogP contribution in [0.2, 0.25) is 0 Å². The lowest BCUT2D eigenvalue weighted by atomic mass is 10.1. The maximum Gasteiger partial charge on any atom is 0.252 e. The van der Waals surface area contributed by atoms with E-state index in [-0.39, 0.29) is 5.56 Å². The smallest absolute Gasteiger partial charge is 0.252 e. The third-order valence-corrected chi connectivity index (χ3v) is 2.69. The highest BCUT2D eigenvalue weighted by molar-refractivity contribution is 5.96. The van der Waals surface area contributed by atoms with Crippen LogP contribution in [0.25, 0.3) is 0 Å². The van der Waals surface area contributed by atoms with Crippen molar-refractivity contribution in [3.05, 3.63) is 53.1 Å². The average Bonchev–Trinajstić information content (AvgIpc) is 2.30. The number of primary amides is 1. The zero-order valence-corrected chi connectivity index (χ0v) is 10.9. The van der Waals surface area contributed by atoms with Gasteiger partial charge in [-0.2, -0.15) is 0 Å². The molecule has 0 saturated heterocycles. The van der Waals surface area contributed by atoms with Crippen molar-refractivity contribution >= 4 is 11.6 Å². The first-order valence-corrected chi connectivity index (χ1v) is 5.91. The van der Waals surface area contributed by atoms with Gasteiger partial charge >= 0.3 is 0 Å². The maximum absolute atomic E-state index is 11.4. The number of nitrogen functional groups attached to an aromatic ring is 1. The fraction of sp³-hybridized carbons (Fsp3) is 0.133. The zero-order valence-electron chi connectivity index (χ0n) is 10.9. The van der Waals surface area contributed by atoms with Gasteiger partial charge in [0.05, 0.1) is 5.56 Å². The molecule has 0 aromatic heterocycles. The van der Waals surface area contributed by atoms with Crippen molar-refractivity contribution in [1.29, 1.82) is 0 Å². The predicted octanol–water partition coefficient (Wildman–Crippen LogP) is 2.78. The van der Waals surface area contributed by atoms with E-state index in [4.69, 9.17) is 16.2 Å². The molecule has 4 nitrogen and oxygen atoms in total. The van der Waals surface area contributed by atoms with Gasteiger partial charge in [0.25, 0.3) is 5.91 Å². The standard InChI is InChI=1S/C15H16N2O2/c1-9-5-10(2)7-12(6-9)19-14-4-3-11(16)8-13(14)15(17)18/h3-8H,16H2,1-2H3,(H2,17,18). The van der Waals surface area contributed by atoms with Crippen LogP contribution in [0.3, 0.4) is 0 Å². The van der Waals surface area contributed by atoms with Crippen molar-refractivity contribution in [3.63, 3.8) is 0 Å². The van der Waals surface area contributed by atoms with Crippen LogP contribution in [-0.4, -0.2) is 5.91 Å². The van der Waals surface area contributed by atoms with E-state index in [1.165, 1.54) is 6.07 Å². The first-order valence-electron chi connectivity index (χ1n) is 5.91. The van der Waals surface area contributed by atoms with E-state index in [9.17, 15) is 4.79 Å². The average molecular weight is 256 g/mol. The number of hydrogen-bond acceptors (Lipinski definition) is 3. The summed E-state index contributed by atoms with van der Waals surface area (Å²) in [5, 5.41) is 0. The van der Waals surface area contributed by atoms with E-state index in [1.54, 1.807) is 12.1 Å². The number of hydrogen-bond donors (Lipinski definition) is 2. The van der Waals surface area contributed by atoms with Gasteiger partial charge in [-0.15, -0.1) is 0 Å². The second-order valence-corrected chi connectivity index (χ2v) is 4.55. The minimum absolute atomic E-state index is 0.277. The minimum Gasteiger partial charge on any atom is -0.457 e. The SMILES string of the molecule is Cc1cc(C)cc(Oc2ccc(N)cc2C(N)=O)c1. The Labute approximate surface area is 112 Å². The molecule has 2 aromatic carbocycles. The number of rotatable bonds is 3. The molecule has 0 bridgehead atoms. The van der Waals surface area contributed by atoms with Crippen LogP contribution in [0.15, 0.2) is 36.4 Å².